The Hall–Kier alpha value is -2.81. The molecule has 1 atom stereocenters. The largest absolute Gasteiger partial charge is 0.384 e. The van der Waals surface area contributed by atoms with Gasteiger partial charge in [-0.25, -0.2) is 17.2 Å². The van der Waals surface area contributed by atoms with E-state index >= 15 is 4.39 Å². The molecule has 1 fully saturated rings. The number of rotatable bonds is 6. The van der Waals surface area contributed by atoms with E-state index in [0.717, 1.165) is 30.0 Å². The topological polar surface area (TPSA) is 62.3 Å². The highest BCUT2D eigenvalue weighted by Gasteiger charge is 2.33. The average molecular weight is 464 g/mol. The van der Waals surface area contributed by atoms with Crippen LogP contribution in [-0.4, -0.2) is 38.3 Å². The number of hydrogen-bond donors (Lipinski definition) is 1. The van der Waals surface area contributed by atoms with Gasteiger partial charge >= 0.3 is 0 Å². The molecule has 9 heteroatoms. The number of nitrogens with zero attached hydrogens (tertiary/aromatic N) is 2. The van der Waals surface area contributed by atoms with Crippen molar-refractivity contribution in [2.24, 2.45) is 0 Å². The molecule has 0 spiro atoms. The van der Waals surface area contributed by atoms with Gasteiger partial charge in [0.15, 0.2) is 27.3 Å². The molecule has 1 saturated heterocycles. The maximum atomic E-state index is 15.2. The van der Waals surface area contributed by atoms with E-state index in [1.807, 2.05) is 43.3 Å². The van der Waals surface area contributed by atoms with Gasteiger partial charge in [0.25, 0.3) is 5.95 Å². The molecule has 1 N–H and O–H groups in total. The van der Waals surface area contributed by atoms with Crippen molar-refractivity contribution in [3.05, 3.63) is 60.0 Å². The van der Waals surface area contributed by atoms with Gasteiger partial charge in [-0.05, 0) is 37.6 Å². The Morgan fingerprint density at radius 1 is 1.06 bits per heavy atom. The van der Waals surface area contributed by atoms with Crippen LogP contribution in [0, 0.1) is 17.6 Å². The lowest BCUT2D eigenvalue weighted by atomic mass is 10.0. The lowest BCUT2D eigenvalue weighted by Gasteiger charge is -2.34. The second kappa shape index (κ2) is 8.97. The van der Waals surface area contributed by atoms with Gasteiger partial charge in [-0.1, -0.05) is 36.4 Å². The normalized spacial score (nSPS) is 17.0. The second-order valence-corrected chi connectivity index (χ2v) is 10.0. The molecule has 32 heavy (non-hydrogen) atoms. The number of anilines is 2. The molecule has 2 aromatic carbocycles. The summed E-state index contributed by atoms with van der Waals surface area (Å²) in [7, 11) is -4.47. The quantitative estimate of drug-likeness (QED) is 0.526. The Morgan fingerprint density at radius 3 is 2.59 bits per heavy atom. The van der Waals surface area contributed by atoms with Crippen LogP contribution >= 0.6 is 0 Å². The molecular weight excluding hydrogens is 439 g/mol. The molecular formula is C23H24F3N3O2S. The van der Waals surface area contributed by atoms with Crippen molar-refractivity contribution in [3.63, 3.8) is 0 Å². The molecule has 0 amide bonds. The van der Waals surface area contributed by atoms with Crippen molar-refractivity contribution in [1.82, 2.24) is 4.98 Å². The lowest BCUT2D eigenvalue weighted by molar-refractivity contribution is 0.417. The smallest absolute Gasteiger partial charge is 0.252 e. The van der Waals surface area contributed by atoms with E-state index in [2.05, 4.69) is 10.3 Å². The van der Waals surface area contributed by atoms with Crippen molar-refractivity contribution >= 4 is 32.1 Å². The molecule has 0 bridgehead atoms. The van der Waals surface area contributed by atoms with E-state index in [0.29, 0.717) is 12.2 Å². The van der Waals surface area contributed by atoms with Crippen molar-refractivity contribution in [1.29, 1.82) is 0 Å². The summed E-state index contributed by atoms with van der Waals surface area (Å²) in [6.07, 6.45) is 2.40. The van der Waals surface area contributed by atoms with E-state index in [4.69, 9.17) is 0 Å². The first-order valence-corrected chi connectivity index (χ1v) is 12.2. The number of hydrogen-bond acceptors (Lipinski definition) is 5. The minimum absolute atomic E-state index is 0.103. The fraction of sp³-hybridized carbons (Fsp3) is 0.348. The van der Waals surface area contributed by atoms with Crippen LogP contribution in [0.3, 0.4) is 0 Å². The number of sulfone groups is 1. The fourth-order valence-electron chi connectivity index (χ4n) is 4.16. The summed E-state index contributed by atoms with van der Waals surface area (Å²) in [5, 5.41) is 4.86. The van der Waals surface area contributed by atoms with Crippen molar-refractivity contribution in [3.8, 4) is 0 Å². The minimum atomic E-state index is -4.47. The maximum absolute atomic E-state index is 15.2. The molecule has 2 heterocycles. The number of nitrogens with one attached hydrogen (secondary N) is 1. The highest BCUT2D eigenvalue weighted by molar-refractivity contribution is 7.91. The number of fused-ring (bicyclic) bond motifs is 1. The SMILES string of the molecule is C[C@H]1CCCCN1c1nc(F)c(F)c(S(=O)(=O)CCNc2cccc3ccccc23)c1F. The monoisotopic (exact) mass is 463 g/mol. The fourth-order valence-corrected chi connectivity index (χ4v) is 5.46. The highest BCUT2D eigenvalue weighted by Crippen LogP contribution is 2.32. The van der Waals surface area contributed by atoms with Crippen LogP contribution in [-0.2, 0) is 9.84 Å². The van der Waals surface area contributed by atoms with Gasteiger partial charge in [0.05, 0.1) is 5.75 Å². The zero-order valence-electron chi connectivity index (χ0n) is 17.6. The molecule has 0 radical (unpaired) electrons. The molecule has 3 aromatic rings. The molecule has 0 unspecified atom stereocenters. The summed E-state index contributed by atoms with van der Waals surface area (Å²) in [4.78, 5) is 3.67. The zero-order valence-corrected chi connectivity index (χ0v) is 18.4. The second-order valence-electron chi connectivity index (χ2n) is 7.99. The van der Waals surface area contributed by atoms with Crippen molar-refractivity contribution in [2.75, 3.05) is 29.1 Å². The van der Waals surface area contributed by atoms with Crippen LogP contribution in [0.5, 0.6) is 0 Å². The summed E-state index contributed by atoms with van der Waals surface area (Å²) in [5.41, 5.74) is 0.697. The minimum Gasteiger partial charge on any atom is -0.384 e. The Morgan fingerprint density at radius 2 is 1.81 bits per heavy atom. The lowest BCUT2D eigenvalue weighted by Crippen LogP contribution is -2.39. The predicted molar refractivity (Wildman–Crippen MR) is 119 cm³/mol. The first-order valence-electron chi connectivity index (χ1n) is 10.5. The van der Waals surface area contributed by atoms with Crippen LogP contribution in [0.25, 0.3) is 10.8 Å². The van der Waals surface area contributed by atoms with Gasteiger partial charge in [0.2, 0.25) is 0 Å². The van der Waals surface area contributed by atoms with Gasteiger partial charge in [-0.3, -0.25) is 0 Å². The number of piperidine rings is 1. The van der Waals surface area contributed by atoms with Crippen LogP contribution < -0.4 is 10.2 Å². The van der Waals surface area contributed by atoms with Gasteiger partial charge in [-0.2, -0.15) is 9.37 Å². The predicted octanol–water partition coefficient (Wildman–Crippen LogP) is 4.92. The summed E-state index contributed by atoms with van der Waals surface area (Å²) in [5.74, 6) is -5.77. The number of pyridine rings is 1. The summed E-state index contributed by atoms with van der Waals surface area (Å²) < 4.78 is 69.6. The maximum Gasteiger partial charge on any atom is 0.252 e. The molecule has 1 aliphatic rings. The van der Waals surface area contributed by atoms with Crippen LogP contribution in [0.15, 0.2) is 47.4 Å². The number of halogens is 3. The third-order valence-electron chi connectivity index (χ3n) is 5.84. The first kappa shape index (κ1) is 22.4. The van der Waals surface area contributed by atoms with Gasteiger partial charge in [0, 0.05) is 30.2 Å². The Kier molecular flexibility index (Phi) is 6.28. The van der Waals surface area contributed by atoms with E-state index in [9.17, 15) is 17.2 Å². The Bertz CT molecular complexity index is 1250. The Labute approximate surface area is 185 Å². The number of aromatic nitrogens is 1. The molecule has 5 nitrogen and oxygen atoms in total. The molecule has 4 rings (SSSR count). The van der Waals surface area contributed by atoms with E-state index in [1.54, 1.807) is 6.07 Å². The van der Waals surface area contributed by atoms with Crippen LogP contribution in [0.1, 0.15) is 26.2 Å². The van der Waals surface area contributed by atoms with Crippen molar-refractivity contribution in [2.45, 2.75) is 37.1 Å². The molecule has 1 aromatic heterocycles. The first-order chi connectivity index (χ1) is 15.3. The zero-order chi connectivity index (χ0) is 22.9. The van der Waals surface area contributed by atoms with Gasteiger partial charge in [-0.15, -0.1) is 0 Å². The third-order valence-corrected chi connectivity index (χ3v) is 7.56. The Balaban J connectivity index is 1.60. The van der Waals surface area contributed by atoms with Gasteiger partial charge < -0.3 is 10.2 Å². The van der Waals surface area contributed by atoms with E-state index in [1.165, 1.54) is 4.90 Å². The molecule has 0 saturated carbocycles. The standard InChI is InChI=1S/C23H24F3N3O2S/c1-15-7-4-5-13-29(15)23-20(25)21(19(24)22(26)28-23)32(30,31)14-12-27-18-11-6-9-16-8-2-3-10-17(16)18/h2-3,6,8-11,15,27H,4-5,7,12-14H2,1H3/t15-/m0/s1. The third kappa shape index (κ3) is 4.26. The number of benzene rings is 2. The summed E-state index contributed by atoms with van der Waals surface area (Å²) in [6.45, 7) is 2.12. The summed E-state index contributed by atoms with van der Waals surface area (Å²) in [6, 6.07) is 12.9. The molecule has 1 aliphatic heterocycles. The van der Waals surface area contributed by atoms with Crippen LogP contribution in [0.2, 0.25) is 0 Å². The molecule has 0 aliphatic carbocycles. The summed E-state index contributed by atoms with van der Waals surface area (Å²) >= 11 is 0. The molecule has 170 valence electrons. The highest BCUT2D eigenvalue weighted by atomic mass is 32.2. The van der Waals surface area contributed by atoms with Gasteiger partial charge in [0.1, 0.15) is 4.90 Å². The van der Waals surface area contributed by atoms with Crippen LogP contribution in [0.4, 0.5) is 24.7 Å². The van der Waals surface area contributed by atoms with Crippen molar-refractivity contribution < 1.29 is 21.6 Å². The van der Waals surface area contributed by atoms with E-state index < -0.39 is 43.9 Å². The average Bonchev–Trinajstić information content (AvgIpc) is 2.77. The van der Waals surface area contributed by atoms with E-state index in [-0.39, 0.29) is 12.6 Å².